The molecule has 0 saturated heterocycles. The van der Waals surface area contributed by atoms with E-state index in [1.54, 1.807) is 0 Å². The fraction of sp³-hybridized carbons (Fsp3) is 0.909. The standard InChI is InChI=1S/C11H5F18NO5S/c12-4(13,1-34-3(31)30-36(32,33)35-2-5(14,15)16)6(17,18)7(19,20)8(21,22)9(23,24)10(25,26)11(27,28)29/h1-2H2,(H,30,31). The van der Waals surface area contributed by atoms with E-state index in [4.69, 9.17) is 0 Å². The molecule has 0 aromatic carbocycles. The summed E-state index contributed by atoms with van der Waals surface area (Å²) in [4.78, 5) is 10.9. The van der Waals surface area contributed by atoms with Crippen molar-refractivity contribution >= 4 is 16.4 Å². The van der Waals surface area contributed by atoms with E-state index in [-0.39, 0.29) is 4.72 Å². The highest BCUT2D eigenvalue weighted by atomic mass is 32.2. The third-order valence-corrected chi connectivity index (χ3v) is 4.21. The summed E-state index contributed by atoms with van der Waals surface area (Å²) in [7, 11) is -5.95. The van der Waals surface area contributed by atoms with E-state index in [9.17, 15) is 92.2 Å². The highest BCUT2D eigenvalue weighted by Crippen LogP contribution is 2.62. The minimum Gasteiger partial charge on any atom is -0.442 e. The van der Waals surface area contributed by atoms with Crippen molar-refractivity contribution in [2.45, 2.75) is 47.9 Å². The van der Waals surface area contributed by atoms with E-state index < -0.39 is 77.5 Å². The van der Waals surface area contributed by atoms with Crippen LogP contribution in [0.15, 0.2) is 0 Å². The van der Waals surface area contributed by atoms with Crippen molar-refractivity contribution in [2.75, 3.05) is 13.2 Å². The Balaban J connectivity index is 5.92. The zero-order chi connectivity index (χ0) is 29.6. The van der Waals surface area contributed by atoms with Crippen molar-refractivity contribution in [1.29, 1.82) is 0 Å². The van der Waals surface area contributed by atoms with Gasteiger partial charge in [-0.2, -0.15) is 92.2 Å². The monoisotopic (exact) mass is 605 g/mol. The van der Waals surface area contributed by atoms with Gasteiger partial charge in [0.15, 0.2) is 13.2 Å². The predicted octanol–water partition coefficient (Wildman–Crippen LogP) is 4.91. The molecule has 0 heterocycles. The van der Waals surface area contributed by atoms with E-state index >= 15 is 0 Å². The summed E-state index contributed by atoms with van der Waals surface area (Å²) >= 11 is 0. The number of rotatable bonds is 10. The van der Waals surface area contributed by atoms with Gasteiger partial charge in [0.1, 0.15) is 0 Å². The Morgan fingerprint density at radius 3 is 1.31 bits per heavy atom. The topological polar surface area (TPSA) is 81.7 Å². The fourth-order valence-corrected chi connectivity index (χ4v) is 2.16. The first kappa shape index (κ1) is 33.9. The summed E-state index contributed by atoms with van der Waals surface area (Å²) in [6, 6.07) is 0. The molecule has 0 radical (unpaired) electrons. The van der Waals surface area contributed by atoms with Crippen LogP contribution in [0.5, 0.6) is 0 Å². The van der Waals surface area contributed by atoms with Gasteiger partial charge in [-0.1, -0.05) is 0 Å². The van der Waals surface area contributed by atoms with Crippen LogP contribution in [-0.2, 0) is 19.2 Å². The molecule has 1 amide bonds. The van der Waals surface area contributed by atoms with Gasteiger partial charge in [0.25, 0.3) is 0 Å². The Morgan fingerprint density at radius 1 is 0.583 bits per heavy atom. The minimum absolute atomic E-state index is 0.113. The molecule has 25 heteroatoms. The molecule has 0 aliphatic carbocycles. The van der Waals surface area contributed by atoms with Gasteiger partial charge >= 0.3 is 64.3 Å². The van der Waals surface area contributed by atoms with Crippen LogP contribution in [0.4, 0.5) is 83.8 Å². The molecule has 0 spiro atoms. The Hall–Kier alpha value is -2.08. The maximum atomic E-state index is 13.4. The SMILES string of the molecule is O=C(NS(=O)(=O)OCC(F)(F)F)OCC(F)(F)C(F)(F)C(F)(F)C(F)(F)C(F)(F)C(F)(F)C(F)(F)F. The zero-order valence-electron chi connectivity index (χ0n) is 15.7. The molecule has 0 unspecified atom stereocenters. The van der Waals surface area contributed by atoms with Crippen molar-refractivity contribution in [2.24, 2.45) is 0 Å². The van der Waals surface area contributed by atoms with Crippen molar-refractivity contribution in [3.05, 3.63) is 0 Å². The molecule has 0 rings (SSSR count). The number of carbonyl (C=O) groups is 1. The molecule has 0 fully saturated rings. The van der Waals surface area contributed by atoms with E-state index in [1.165, 1.54) is 0 Å². The van der Waals surface area contributed by atoms with Crippen LogP contribution in [0, 0.1) is 0 Å². The Labute approximate surface area is 184 Å². The van der Waals surface area contributed by atoms with E-state index in [0.29, 0.717) is 0 Å². The van der Waals surface area contributed by atoms with Crippen LogP contribution < -0.4 is 4.72 Å². The van der Waals surface area contributed by atoms with Gasteiger partial charge in [0.05, 0.1) is 0 Å². The molecule has 0 saturated carbocycles. The number of nitrogens with one attached hydrogen (secondary N) is 1. The molecule has 0 atom stereocenters. The first-order chi connectivity index (χ1) is 15.3. The van der Waals surface area contributed by atoms with Crippen LogP contribution in [-0.4, -0.2) is 75.6 Å². The molecule has 0 bridgehead atoms. The number of amides is 1. The number of alkyl halides is 18. The van der Waals surface area contributed by atoms with Gasteiger partial charge < -0.3 is 4.74 Å². The predicted molar refractivity (Wildman–Crippen MR) is 71.1 cm³/mol. The summed E-state index contributed by atoms with van der Waals surface area (Å²) in [5.41, 5.74) is 0. The van der Waals surface area contributed by atoms with Crippen molar-refractivity contribution in [3.8, 4) is 0 Å². The Kier molecular flexibility index (Phi) is 8.80. The fourth-order valence-electron chi connectivity index (χ4n) is 1.55. The van der Waals surface area contributed by atoms with E-state index in [1.807, 2.05) is 0 Å². The molecule has 1 N–H and O–H groups in total. The molecule has 36 heavy (non-hydrogen) atoms. The van der Waals surface area contributed by atoms with Gasteiger partial charge in [-0.15, -0.1) is 0 Å². The average Bonchev–Trinajstić information content (AvgIpc) is 2.62. The van der Waals surface area contributed by atoms with E-state index in [0.717, 1.165) is 0 Å². The third kappa shape index (κ3) is 6.24. The van der Waals surface area contributed by atoms with Gasteiger partial charge in [-0.05, 0) is 0 Å². The van der Waals surface area contributed by atoms with Gasteiger partial charge in [0.2, 0.25) is 0 Å². The van der Waals surface area contributed by atoms with Crippen LogP contribution in [0.1, 0.15) is 0 Å². The summed E-state index contributed by atoms with van der Waals surface area (Å²) in [6.07, 6.45) is -16.3. The van der Waals surface area contributed by atoms with E-state index in [2.05, 4.69) is 8.92 Å². The van der Waals surface area contributed by atoms with Gasteiger partial charge in [0, 0.05) is 0 Å². The summed E-state index contributed by atoms with van der Waals surface area (Å²) in [5, 5.41) is 0. The molecule has 0 aliphatic rings. The summed E-state index contributed by atoms with van der Waals surface area (Å²) < 4.78 is 257. The molecule has 0 aromatic heterocycles. The second-order valence-corrected chi connectivity index (χ2v) is 7.43. The molecule has 6 nitrogen and oxygen atoms in total. The highest BCUT2D eigenvalue weighted by Gasteiger charge is 2.93. The minimum atomic E-state index is -8.61. The number of halogens is 18. The Bertz CT molecular complexity index is 907. The van der Waals surface area contributed by atoms with Crippen LogP contribution in [0.25, 0.3) is 0 Å². The maximum absolute atomic E-state index is 13.4. The van der Waals surface area contributed by atoms with Gasteiger partial charge in [-0.3, -0.25) is 0 Å². The summed E-state index contributed by atoms with van der Waals surface area (Å²) in [5.74, 6) is -48.9. The first-order valence-corrected chi connectivity index (χ1v) is 8.96. The average molecular weight is 605 g/mol. The van der Waals surface area contributed by atoms with Crippen LogP contribution >= 0.6 is 0 Å². The van der Waals surface area contributed by atoms with Crippen molar-refractivity contribution < 1.29 is 101 Å². The lowest BCUT2D eigenvalue weighted by atomic mass is 9.91. The normalized spacial score (nSPS) is 15.6. The molecule has 216 valence electrons. The number of carbonyl (C=O) groups excluding carboxylic acids is 1. The maximum Gasteiger partial charge on any atom is 0.460 e. The number of hydrogen-bond donors (Lipinski definition) is 1. The number of hydrogen-bond acceptors (Lipinski definition) is 5. The van der Waals surface area contributed by atoms with Crippen LogP contribution in [0.3, 0.4) is 0 Å². The number of ether oxygens (including phenoxy) is 1. The molecule has 0 aromatic rings. The lowest BCUT2D eigenvalue weighted by Crippen LogP contribution is -2.73. The van der Waals surface area contributed by atoms with Crippen LogP contribution in [0.2, 0.25) is 0 Å². The molecular formula is C11H5F18NO5S. The molecular weight excluding hydrogens is 600 g/mol. The van der Waals surface area contributed by atoms with Crippen molar-refractivity contribution in [3.63, 3.8) is 0 Å². The van der Waals surface area contributed by atoms with Gasteiger partial charge in [-0.25, -0.2) is 8.98 Å². The second-order valence-electron chi connectivity index (χ2n) is 6.08. The summed E-state index contributed by atoms with van der Waals surface area (Å²) in [6.45, 7) is -6.42. The Morgan fingerprint density at radius 2 is 0.944 bits per heavy atom. The lowest BCUT2D eigenvalue weighted by molar-refractivity contribution is -0.453. The molecule has 0 aliphatic heterocycles. The van der Waals surface area contributed by atoms with Crippen molar-refractivity contribution in [1.82, 2.24) is 4.72 Å². The second kappa shape index (κ2) is 9.34. The quantitative estimate of drug-likeness (QED) is 0.358. The zero-order valence-corrected chi connectivity index (χ0v) is 16.5. The first-order valence-electron chi connectivity index (χ1n) is 7.55. The largest absolute Gasteiger partial charge is 0.460 e. The third-order valence-electron chi connectivity index (χ3n) is 3.36. The smallest absolute Gasteiger partial charge is 0.442 e. The lowest BCUT2D eigenvalue weighted by Gasteiger charge is -2.41. The highest BCUT2D eigenvalue weighted by molar-refractivity contribution is 7.85.